The molecular formula is C19H16N2O3S2. The molecule has 132 valence electrons. The van der Waals surface area contributed by atoms with Gasteiger partial charge in [-0.3, -0.25) is 4.79 Å². The average molecular weight is 384 g/mol. The van der Waals surface area contributed by atoms with E-state index in [1.54, 1.807) is 29.8 Å². The molecule has 0 spiro atoms. The number of benzene rings is 2. The van der Waals surface area contributed by atoms with Gasteiger partial charge in [-0.1, -0.05) is 30.3 Å². The maximum absolute atomic E-state index is 12.4. The van der Waals surface area contributed by atoms with E-state index in [2.05, 4.69) is 10.3 Å². The maximum atomic E-state index is 12.4. The second kappa shape index (κ2) is 9.17. The minimum atomic E-state index is -0.519. The van der Waals surface area contributed by atoms with Gasteiger partial charge in [0.25, 0.3) is 5.91 Å². The van der Waals surface area contributed by atoms with Gasteiger partial charge < -0.3 is 10.1 Å². The molecule has 0 unspecified atom stereocenters. The molecule has 7 heteroatoms. The van der Waals surface area contributed by atoms with Crippen LogP contribution in [0.15, 0.2) is 70.4 Å². The van der Waals surface area contributed by atoms with Crippen LogP contribution in [0.3, 0.4) is 0 Å². The molecule has 1 aromatic heterocycles. The van der Waals surface area contributed by atoms with Gasteiger partial charge in [-0.15, -0.1) is 23.1 Å². The van der Waals surface area contributed by atoms with Crippen molar-refractivity contribution in [3.63, 3.8) is 0 Å². The standard InChI is InChI=1S/C19H16N2O3S2/c22-18(21-14-6-2-1-3-7-14)10-24-19(23)16-8-4-5-9-17(16)26-12-15-11-25-13-20-15/h1-9,11,13H,10,12H2,(H,21,22). The highest BCUT2D eigenvalue weighted by Gasteiger charge is 2.15. The molecule has 1 heterocycles. The van der Waals surface area contributed by atoms with Gasteiger partial charge >= 0.3 is 5.97 Å². The Kier molecular flexibility index (Phi) is 6.40. The molecule has 5 nitrogen and oxygen atoms in total. The molecule has 0 atom stereocenters. The molecule has 1 N–H and O–H groups in total. The van der Waals surface area contributed by atoms with Crippen LogP contribution in [0.5, 0.6) is 0 Å². The minimum Gasteiger partial charge on any atom is -0.452 e. The number of thiazole rings is 1. The summed E-state index contributed by atoms with van der Waals surface area (Å²) in [5.41, 5.74) is 3.85. The largest absolute Gasteiger partial charge is 0.452 e. The number of nitrogens with one attached hydrogen (secondary N) is 1. The van der Waals surface area contributed by atoms with E-state index in [9.17, 15) is 9.59 Å². The predicted molar refractivity (Wildman–Crippen MR) is 103 cm³/mol. The third-order valence-corrected chi connectivity index (χ3v) is 5.10. The van der Waals surface area contributed by atoms with Gasteiger partial charge in [-0.05, 0) is 24.3 Å². The summed E-state index contributed by atoms with van der Waals surface area (Å²) in [4.78, 5) is 29.3. The summed E-state index contributed by atoms with van der Waals surface area (Å²) < 4.78 is 5.16. The van der Waals surface area contributed by atoms with Crippen molar-refractivity contribution in [2.75, 3.05) is 11.9 Å². The van der Waals surface area contributed by atoms with Crippen LogP contribution in [0.1, 0.15) is 16.1 Å². The lowest BCUT2D eigenvalue weighted by atomic mass is 10.2. The van der Waals surface area contributed by atoms with Crippen LogP contribution in [0.2, 0.25) is 0 Å². The highest BCUT2D eigenvalue weighted by atomic mass is 32.2. The van der Waals surface area contributed by atoms with Gasteiger partial charge in [0.15, 0.2) is 6.61 Å². The van der Waals surface area contributed by atoms with E-state index in [-0.39, 0.29) is 12.5 Å². The van der Waals surface area contributed by atoms with Crippen LogP contribution in [0.25, 0.3) is 0 Å². The molecule has 2 aromatic carbocycles. The highest BCUT2D eigenvalue weighted by molar-refractivity contribution is 7.98. The second-order valence-electron chi connectivity index (χ2n) is 5.25. The summed E-state index contributed by atoms with van der Waals surface area (Å²) >= 11 is 3.05. The van der Waals surface area contributed by atoms with Crippen molar-refractivity contribution in [2.45, 2.75) is 10.6 Å². The number of amides is 1. The Balaban J connectivity index is 1.56. The zero-order valence-electron chi connectivity index (χ0n) is 13.8. The first-order chi connectivity index (χ1) is 12.7. The summed E-state index contributed by atoms with van der Waals surface area (Å²) in [6.07, 6.45) is 0. The number of aromatic nitrogens is 1. The molecule has 26 heavy (non-hydrogen) atoms. The number of nitrogens with zero attached hydrogens (tertiary/aromatic N) is 1. The molecular weight excluding hydrogens is 368 g/mol. The molecule has 0 saturated heterocycles. The summed E-state index contributed by atoms with van der Waals surface area (Å²) in [5.74, 6) is -0.228. The number of carbonyl (C=O) groups excluding carboxylic acids is 2. The van der Waals surface area contributed by atoms with Crippen molar-refractivity contribution in [1.82, 2.24) is 4.98 Å². The number of anilines is 1. The summed E-state index contributed by atoms with van der Waals surface area (Å²) in [5, 5.41) is 4.65. The number of hydrogen-bond acceptors (Lipinski definition) is 6. The Morgan fingerprint density at radius 3 is 2.62 bits per heavy atom. The lowest BCUT2D eigenvalue weighted by Crippen LogP contribution is -2.21. The van der Waals surface area contributed by atoms with Crippen molar-refractivity contribution in [1.29, 1.82) is 0 Å². The molecule has 0 bridgehead atoms. The van der Waals surface area contributed by atoms with Gasteiger partial charge in [-0.25, -0.2) is 9.78 Å². The van der Waals surface area contributed by atoms with E-state index in [1.807, 2.05) is 35.7 Å². The monoisotopic (exact) mass is 384 g/mol. The zero-order chi connectivity index (χ0) is 18.2. The Hall–Kier alpha value is -2.64. The Morgan fingerprint density at radius 2 is 1.85 bits per heavy atom. The van der Waals surface area contributed by atoms with E-state index in [4.69, 9.17) is 4.74 Å². The highest BCUT2D eigenvalue weighted by Crippen LogP contribution is 2.26. The van der Waals surface area contributed by atoms with Crippen molar-refractivity contribution < 1.29 is 14.3 Å². The molecule has 0 aliphatic heterocycles. The van der Waals surface area contributed by atoms with Crippen molar-refractivity contribution >= 4 is 40.7 Å². The van der Waals surface area contributed by atoms with Crippen molar-refractivity contribution in [3.8, 4) is 0 Å². The fourth-order valence-electron chi connectivity index (χ4n) is 2.15. The topological polar surface area (TPSA) is 68.3 Å². The SMILES string of the molecule is O=C(COC(=O)c1ccccc1SCc1cscn1)Nc1ccccc1. The van der Waals surface area contributed by atoms with Crippen LogP contribution in [0, 0.1) is 0 Å². The zero-order valence-corrected chi connectivity index (χ0v) is 15.4. The van der Waals surface area contributed by atoms with Crippen molar-refractivity contribution in [3.05, 3.63) is 76.7 Å². The van der Waals surface area contributed by atoms with E-state index in [0.717, 1.165) is 10.6 Å². The normalized spacial score (nSPS) is 10.3. The Morgan fingerprint density at radius 1 is 1.08 bits per heavy atom. The van der Waals surface area contributed by atoms with Crippen LogP contribution in [-0.2, 0) is 15.3 Å². The summed E-state index contributed by atoms with van der Waals surface area (Å²) in [7, 11) is 0. The molecule has 3 rings (SSSR count). The maximum Gasteiger partial charge on any atom is 0.339 e. The second-order valence-corrected chi connectivity index (χ2v) is 6.99. The molecule has 0 aliphatic carbocycles. The van der Waals surface area contributed by atoms with Gasteiger partial charge in [0.2, 0.25) is 0 Å². The number of carbonyl (C=O) groups is 2. The van der Waals surface area contributed by atoms with E-state index < -0.39 is 5.97 Å². The van der Waals surface area contributed by atoms with Gasteiger partial charge in [0.1, 0.15) is 0 Å². The van der Waals surface area contributed by atoms with Gasteiger partial charge in [0.05, 0.1) is 16.8 Å². The van der Waals surface area contributed by atoms with Gasteiger partial charge in [0, 0.05) is 21.7 Å². The van der Waals surface area contributed by atoms with Crippen molar-refractivity contribution in [2.24, 2.45) is 0 Å². The molecule has 0 fully saturated rings. The molecule has 3 aromatic rings. The van der Waals surface area contributed by atoms with Crippen LogP contribution in [0.4, 0.5) is 5.69 Å². The summed E-state index contributed by atoms with van der Waals surface area (Å²) in [6.45, 7) is -0.335. The lowest BCUT2D eigenvalue weighted by Gasteiger charge is -2.09. The fourth-order valence-corrected chi connectivity index (χ4v) is 3.76. The van der Waals surface area contributed by atoms with E-state index >= 15 is 0 Å². The number of thioether (sulfide) groups is 1. The Bertz CT molecular complexity index is 868. The third-order valence-electron chi connectivity index (χ3n) is 3.36. The predicted octanol–water partition coefficient (Wildman–Crippen LogP) is 4.23. The summed E-state index contributed by atoms with van der Waals surface area (Å²) in [6, 6.07) is 16.2. The first-order valence-electron chi connectivity index (χ1n) is 7.83. The number of esters is 1. The quantitative estimate of drug-likeness (QED) is 0.488. The smallest absolute Gasteiger partial charge is 0.339 e. The van der Waals surface area contributed by atoms with E-state index in [0.29, 0.717) is 17.0 Å². The lowest BCUT2D eigenvalue weighted by molar-refractivity contribution is -0.119. The average Bonchev–Trinajstić information content (AvgIpc) is 3.19. The number of hydrogen-bond donors (Lipinski definition) is 1. The van der Waals surface area contributed by atoms with Gasteiger partial charge in [-0.2, -0.15) is 0 Å². The number of rotatable bonds is 7. The number of para-hydroxylation sites is 1. The Labute approximate surface area is 159 Å². The van der Waals surface area contributed by atoms with Crippen LogP contribution < -0.4 is 5.32 Å². The first kappa shape index (κ1) is 18.2. The third kappa shape index (κ3) is 5.18. The molecule has 0 saturated carbocycles. The minimum absolute atomic E-state index is 0.335. The first-order valence-corrected chi connectivity index (χ1v) is 9.76. The molecule has 1 amide bonds. The molecule has 0 aliphatic rings. The van der Waals surface area contributed by atoms with Crippen LogP contribution >= 0.6 is 23.1 Å². The molecule has 0 radical (unpaired) electrons. The van der Waals surface area contributed by atoms with E-state index in [1.165, 1.54) is 23.1 Å². The number of ether oxygens (including phenoxy) is 1. The fraction of sp³-hybridized carbons (Fsp3) is 0.105. The van der Waals surface area contributed by atoms with Crippen LogP contribution in [-0.4, -0.2) is 23.5 Å².